The van der Waals surface area contributed by atoms with E-state index < -0.39 is 0 Å². The molecule has 0 aliphatic carbocycles. The Hall–Kier alpha value is -2.01. The lowest BCUT2D eigenvalue weighted by atomic mass is 10.2. The number of aromatic nitrogens is 2. The molecule has 5 nitrogen and oxygen atoms in total. The fourth-order valence-electron chi connectivity index (χ4n) is 1.91. The fourth-order valence-corrected chi connectivity index (χ4v) is 2.09. The van der Waals surface area contributed by atoms with Crippen LogP contribution in [-0.2, 0) is 13.0 Å². The zero-order valence-corrected chi connectivity index (χ0v) is 12.2. The standard InChI is InChI=1S/C14H17ClN4O/c1-3-12-17-13(7-14(20)18-12)19(2)8-9-6-10(16)4-5-11(9)15/h4-7H,3,8,16H2,1-2H3,(H,17,18,20). The number of hydrogen-bond donors (Lipinski definition) is 2. The summed E-state index contributed by atoms with van der Waals surface area (Å²) in [6.45, 7) is 2.47. The highest BCUT2D eigenvalue weighted by Gasteiger charge is 2.09. The van der Waals surface area contributed by atoms with E-state index in [4.69, 9.17) is 17.3 Å². The highest BCUT2D eigenvalue weighted by Crippen LogP contribution is 2.21. The number of hydrogen-bond acceptors (Lipinski definition) is 4. The maximum atomic E-state index is 11.6. The Labute approximate surface area is 122 Å². The molecule has 20 heavy (non-hydrogen) atoms. The van der Waals surface area contributed by atoms with Crippen molar-refractivity contribution in [2.24, 2.45) is 0 Å². The highest BCUT2D eigenvalue weighted by atomic mass is 35.5. The van der Waals surface area contributed by atoms with E-state index in [1.165, 1.54) is 6.07 Å². The minimum absolute atomic E-state index is 0.155. The Kier molecular flexibility index (Phi) is 4.29. The van der Waals surface area contributed by atoms with Crippen molar-refractivity contribution >= 4 is 23.1 Å². The van der Waals surface area contributed by atoms with Gasteiger partial charge in [0.1, 0.15) is 11.6 Å². The van der Waals surface area contributed by atoms with Gasteiger partial charge in [0.15, 0.2) is 0 Å². The summed E-state index contributed by atoms with van der Waals surface area (Å²) in [5.41, 5.74) is 7.16. The normalized spacial score (nSPS) is 10.6. The van der Waals surface area contributed by atoms with Crippen molar-refractivity contribution in [2.45, 2.75) is 19.9 Å². The molecule has 106 valence electrons. The van der Waals surface area contributed by atoms with E-state index in [0.717, 1.165) is 5.56 Å². The van der Waals surface area contributed by atoms with E-state index in [1.807, 2.05) is 24.9 Å². The minimum atomic E-state index is -0.155. The van der Waals surface area contributed by atoms with Gasteiger partial charge in [-0.3, -0.25) is 4.79 Å². The average Bonchev–Trinajstić information content (AvgIpc) is 2.42. The summed E-state index contributed by atoms with van der Waals surface area (Å²) < 4.78 is 0. The number of halogens is 1. The molecule has 0 unspecified atom stereocenters. The van der Waals surface area contributed by atoms with Gasteiger partial charge in [-0.05, 0) is 23.8 Å². The van der Waals surface area contributed by atoms with E-state index >= 15 is 0 Å². The largest absolute Gasteiger partial charge is 0.399 e. The van der Waals surface area contributed by atoms with Crippen LogP contribution in [0.25, 0.3) is 0 Å². The molecule has 2 aromatic rings. The van der Waals surface area contributed by atoms with Gasteiger partial charge in [-0.15, -0.1) is 0 Å². The predicted molar refractivity (Wildman–Crippen MR) is 82.2 cm³/mol. The van der Waals surface area contributed by atoms with Gasteiger partial charge < -0.3 is 15.6 Å². The molecule has 3 N–H and O–H groups in total. The lowest BCUT2D eigenvalue weighted by Gasteiger charge is -2.19. The summed E-state index contributed by atoms with van der Waals surface area (Å²) in [6, 6.07) is 6.82. The van der Waals surface area contributed by atoms with Crippen LogP contribution >= 0.6 is 11.6 Å². The molecule has 0 radical (unpaired) electrons. The van der Waals surface area contributed by atoms with E-state index in [1.54, 1.807) is 12.1 Å². The van der Waals surface area contributed by atoms with Crippen LogP contribution in [0, 0.1) is 0 Å². The number of nitrogens with one attached hydrogen (secondary N) is 1. The molecule has 6 heteroatoms. The molecular weight excluding hydrogens is 276 g/mol. The van der Waals surface area contributed by atoms with Gasteiger partial charge in [0.2, 0.25) is 0 Å². The maximum absolute atomic E-state index is 11.6. The number of nitrogens with zero attached hydrogens (tertiary/aromatic N) is 2. The number of aromatic amines is 1. The third-order valence-corrected chi connectivity index (χ3v) is 3.35. The van der Waals surface area contributed by atoms with Crippen molar-refractivity contribution in [2.75, 3.05) is 17.7 Å². The summed E-state index contributed by atoms with van der Waals surface area (Å²) in [4.78, 5) is 20.5. The minimum Gasteiger partial charge on any atom is -0.399 e. The van der Waals surface area contributed by atoms with Crippen molar-refractivity contribution in [3.63, 3.8) is 0 Å². The molecule has 0 bridgehead atoms. The topological polar surface area (TPSA) is 75.0 Å². The van der Waals surface area contributed by atoms with E-state index in [-0.39, 0.29) is 5.56 Å². The molecule has 0 amide bonds. The van der Waals surface area contributed by atoms with Crippen LogP contribution in [0.3, 0.4) is 0 Å². The molecule has 1 aromatic carbocycles. The lowest BCUT2D eigenvalue weighted by Crippen LogP contribution is -2.22. The molecule has 0 saturated carbocycles. The summed E-state index contributed by atoms with van der Waals surface area (Å²) in [6.07, 6.45) is 0.677. The number of H-pyrrole nitrogens is 1. The summed E-state index contributed by atoms with van der Waals surface area (Å²) in [5, 5.41) is 0.645. The zero-order chi connectivity index (χ0) is 14.7. The lowest BCUT2D eigenvalue weighted by molar-refractivity contribution is 0.850. The van der Waals surface area contributed by atoms with Gasteiger partial charge in [-0.2, -0.15) is 0 Å². The first-order valence-corrected chi connectivity index (χ1v) is 6.72. The molecule has 0 aliphatic heterocycles. The van der Waals surface area contributed by atoms with Gasteiger partial charge in [-0.25, -0.2) is 4.98 Å². The summed E-state index contributed by atoms with van der Waals surface area (Å²) >= 11 is 6.15. The van der Waals surface area contributed by atoms with E-state index in [9.17, 15) is 4.79 Å². The Balaban J connectivity index is 2.27. The molecular formula is C14H17ClN4O. The second-order valence-electron chi connectivity index (χ2n) is 4.61. The first kappa shape index (κ1) is 14.4. The Morgan fingerprint density at radius 2 is 2.15 bits per heavy atom. The van der Waals surface area contributed by atoms with Crippen LogP contribution in [0.2, 0.25) is 5.02 Å². The second kappa shape index (κ2) is 5.96. The number of anilines is 2. The van der Waals surface area contributed by atoms with Crippen LogP contribution < -0.4 is 16.2 Å². The maximum Gasteiger partial charge on any atom is 0.252 e. The monoisotopic (exact) mass is 292 g/mol. The van der Waals surface area contributed by atoms with Gasteiger partial charge in [0.25, 0.3) is 5.56 Å². The predicted octanol–water partition coefficient (Wildman–Crippen LogP) is 2.20. The Morgan fingerprint density at radius 1 is 1.40 bits per heavy atom. The molecule has 0 saturated heterocycles. The molecule has 0 aliphatic rings. The van der Waals surface area contributed by atoms with Gasteiger partial charge >= 0.3 is 0 Å². The van der Waals surface area contributed by atoms with Gasteiger partial charge in [0.05, 0.1) is 0 Å². The van der Waals surface area contributed by atoms with Crippen LogP contribution in [-0.4, -0.2) is 17.0 Å². The number of nitrogen functional groups attached to an aromatic ring is 1. The Bertz CT molecular complexity index is 668. The third-order valence-electron chi connectivity index (χ3n) is 2.98. The average molecular weight is 293 g/mol. The number of aryl methyl sites for hydroxylation is 1. The summed E-state index contributed by atoms with van der Waals surface area (Å²) in [7, 11) is 1.86. The zero-order valence-electron chi connectivity index (χ0n) is 11.5. The van der Waals surface area contributed by atoms with Gasteiger partial charge in [-0.1, -0.05) is 18.5 Å². The number of rotatable bonds is 4. The van der Waals surface area contributed by atoms with Crippen LogP contribution in [0.1, 0.15) is 18.3 Å². The first-order valence-electron chi connectivity index (χ1n) is 6.35. The van der Waals surface area contributed by atoms with Gasteiger partial charge in [0, 0.05) is 36.8 Å². The SMILES string of the molecule is CCc1nc(N(C)Cc2cc(N)ccc2Cl)cc(=O)[nH]1. The smallest absolute Gasteiger partial charge is 0.252 e. The van der Waals surface area contributed by atoms with Crippen molar-refractivity contribution in [1.29, 1.82) is 0 Å². The Morgan fingerprint density at radius 3 is 2.85 bits per heavy atom. The quantitative estimate of drug-likeness (QED) is 0.847. The van der Waals surface area contributed by atoms with E-state index in [2.05, 4.69) is 9.97 Å². The van der Waals surface area contributed by atoms with E-state index in [0.29, 0.717) is 35.3 Å². The van der Waals surface area contributed by atoms with Crippen molar-refractivity contribution in [3.05, 3.63) is 51.0 Å². The highest BCUT2D eigenvalue weighted by molar-refractivity contribution is 6.31. The second-order valence-corrected chi connectivity index (χ2v) is 5.02. The molecule has 0 fully saturated rings. The van der Waals surface area contributed by atoms with Crippen LogP contribution in [0.5, 0.6) is 0 Å². The number of benzene rings is 1. The van der Waals surface area contributed by atoms with Crippen LogP contribution in [0.4, 0.5) is 11.5 Å². The fraction of sp³-hybridized carbons (Fsp3) is 0.286. The first-order chi connectivity index (χ1) is 9.49. The van der Waals surface area contributed by atoms with Crippen molar-refractivity contribution in [1.82, 2.24) is 9.97 Å². The number of nitrogens with two attached hydrogens (primary N) is 1. The molecule has 1 heterocycles. The van der Waals surface area contributed by atoms with Crippen molar-refractivity contribution < 1.29 is 0 Å². The molecule has 0 spiro atoms. The third kappa shape index (κ3) is 3.30. The summed E-state index contributed by atoms with van der Waals surface area (Å²) in [5.74, 6) is 1.28. The molecule has 1 aromatic heterocycles. The van der Waals surface area contributed by atoms with Crippen LogP contribution in [0.15, 0.2) is 29.1 Å². The van der Waals surface area contributed by atoms with Crippen molar-refractivity contribution in [3.8, 4) is 0 Å². The molecule has 0 atom stereocenters. The molecule has 2 rings (SSSR count).